The maximum Gasteiger partial charge on any atom is 0.327 e. The number of thioether (sulfide) groups is 1. The van der Waals surface area contributed by atoms with E-state index in [1.54, 1.807) is 6.26 Å². The van der Waals surface area contributed by atoms with Gasteiger partial charge in [-0.05, 0) is 13.3 Å². The second-order valence-corrected chi connectivity index (χ2v) is 8.22. The average Bonchev–Trinajstić information content (AvgIpc) is 2.78. The number of rotatable bonds is 16. The molecule has 0 aliphatic carbocycles. The molecule has 33 heavy (non-hydrogen) atoms. The Hall–Kier alpha value is -1.52. The Labute approximate surface area is 196 Å². The third-order valence-corrected chi connectivity index (χ3v) is 5.50. The lowest BCUT2D eigenvalue weighted by Gasteiger charge is -2.35. The first kappa shape index (κ1) is 29.5. The largest absolute Gasteiger partial charge is 0.480 e. The number of carbonyl (C=O) groups is 3. The summed E-state index contributed by atoms with van der Waals surface area (Å²) in [5.74, 6) is -1.78. The van der Waals surface area contributed by atoms with Gasteiger partial charge in [-0.25, -0.2) is 4.79 Å². The van der Waals surface area contributed by atoms with Crippen LogP contribution in [0.15, 0.2) is 0 Å². The van der Waals surface area contributed by atoms with Gasteiger partial charge in [-0.3, -0.25) is 9.59 Å². The number of carbonyl (C=O) groups excluding carboxylic acids is 2. The van der Waals surface area contributed by atoms with Crippen LogP contribution in [0, 0.1) is 0 Å². The van der Waals surface area contributed by atoms with E-state index in [0.717, 1.165) is 0 Å². The van der Waals surface area contributed by atoms with Crippen molar-refractivity contribution in [1.82, 2.24) is 16.0 Å². The zero-order chi connectivity index (χ0) is 24.8. The van der Waals surface area contributed by atoms with Crippen molar-refractivity contribution in [2.24, 2.45) is 0 Å². The Morgan fingerprint density at radius 2 is 1.91 bits per heavy atom. The lowest BCUT2D eigenvalue weighted by Crippen LogP contribution is -2.54. The second kappa shape index (κ2) is 16.2. The van der Waals surface area contributed by atoms with Crippen LogP contribution >= 0.6 is 11.8 Å². The topological polar surface area (TPSA) is 196 Å². The molecule has 2 amide bonds. The van der Waals surface area contributed by atoms with Crippen LogP contribution in [-0.2, 0) is 28.6 Å². The number of carboxylic acids is 1. The van der Waals surface area contributed by atoms with Gasteiger partial charge >= 0.3 is 5.97 Å². The van der Waals surface area contributed by atoms with Gasteiger partial charge in [0.15, 0.2) is 6.29 Å². The molecule has 1 rings (SSSR count). The zero-order valence-corrected chi connectivity index (χ0v) is 19.6. The highest BCUT2D eigenvalue weighted by molar-refractivity contribution is 7.98. The van der Waals surface area contributed by atoms with Gasteiger partial charge in [-0.15, -0.1) is 0 Å². The van der Waals surface area contributed by atoms with E-state index in [0.29, 0.717) is 0 Å². The highest BCUT2D eigenvalue weighted by atomic mass is 32.2. The molecule has 0 aromatic rings. The van der Waals surface area contributed by atoms with E-state index in [4.69, 9.17) is 24.4 Å². The van der Waals surface area contributed by atoms with Crippen molar-refractivity contribution in [3.8, 4) is 0 Å². The summed E-state index contributed by atoms with van der Waals surface area (Å²) >= 11 is 1.29. The Balaban J connectivity index is 2.21. The standard InChI is InChI=1S/C19H35N3O10S/c1-20-11(18(27)22-12(10-33-2)19(28)29)8-21-15(25)3-4-30-5-6-31-16-7-13(24)17(26)14(9-23)32-16/h11-14,16-17,20,23-24,26H,3-10H2,1-2H3,(H,21,25)(H,22,27)(H,28,29)/t11-,12+,13+,14?,16?,17?/m0/s1. The van der Waals surface area contributed by atoms with Crippen molar-refractivity contribution < 1.29 is 49.0 Å². The number of aliphatic hydroxyl groups is 3. The number of likely N-dealkylation sites (N-methyl/N-ethyl adjacent to an activating group) is 1. The number of carboxylic acid groups (broad SMARTS) is 1. The molecule has 1 heterocycles. The Morgan fingerprint density at radius 3 is 2.52 bits per heavy atom. The molecule has 1 aliphatic rings. The van der Waals surface area contributed by atoms with Gasteiger partial charge in [0.05, 0.1) is 32.5 Å². The smallest absolute Gasteiger partial charge is 0.327 e. The molecular weight excluding hydrogens is 462 g/mol. The van der Waals surface area contributed by atoms with Gasteiger partial charge in [-0.2, -0.15) is 11.8 Å². The van der Waals surface area contributed by atoms with Crippen molar-refractivity contribution >= 4 is 29.5 Å². The predicted molar refractivity (Wildman–Crippen MR) is 118 cm³/mol. The third-order valence-electron chi connectivity index (χ3n) is 4.84. The van der Waals surface area contributed by atoms with Crippen LogP contribution in [0.2, 0.25) is 0 Å². The first-order chi connectivity index (χ1) is 15.7. The minimum Gasteiger partial charge on any atom is -0.480 e. The monoisotopic (exact) mass is 497 g/mol. The fraction of sp³-hybridized carbons (Fsp3) is 0.842. The second-order valence-electron chi connectivity index (χ2n) is 7.31. The van der Waals surface area contributed by atoms with E-state index in [2.05, 4.69) is 16.0 Å². The molecular formula is C19H35N3O10S. The molecule has 0 aromatic carbocycles. The first-order valence-electron chi connectivity index (χ1n) is 10.5. The Morgan fingerprint density at radius 1 is 1.18 bits per heavy atom. The highest BCUT2D eigenvalue weighted by Crippen LogP contribution is 2.20. The molecule has 0 spiro atoms. The molecule has 0 aromatic heterocycles. The average molecular weight is 498 g/mol. The number of nitrogens with one attached hydrogen (secondary N) is 3. The predicted octanol–water partition coefficient (Wildman–Crippen LogP) is -3.12. The summed E-state index contributed by atoms with van der Waals surface area (Å²) in [4.78, 5) is 35.3. The molecule has 0 saturated carbocycles. The summed E-state index contributed by atoms with van der Waals surface area (Å²) in [6, 6.07) is -1.81. The van der Waals surface area contributed by atoms with E-state index in [-0.39, 0.29) is 50.9 Å². The fourth-order valence-electron chi connectivity index (χ4n) is 2.92. The quantitative estimate of drug-likeness (QED) is 0.106. The number of hydrogen-bond donors (Lipinski definition) is 7. The molecule has 3 unspecified atom stereocenters. The molecule has 14 heteroatoms. The van der Waals surface area contributed by atoms with Crippen LogP contribution < -0.4 is 16.0 Å². The lowest BCUT2D eigenvalue weighted by molar-refractivity contribution is -0.258. The van der Waals surface area contributed by atoms with Crippen molar-refractivity contribution in [2.45, 2.75) is 49.5 Å². The van der Waals surface area contributed by atoms with Crippen LogP contribution in [0.25, 0.3) is 0 Å². The summed E-state index contributed by atoms with van der Waals surface area (Å²) in [5, 5.41) is 45.4. The molecule has 1 saturated heterocycles. The summed E-state index contributed by atoms with van der Waals surface area (Å²) in [5.41, 5.74) is 0. The molecule has 7 N–H and O–H groups in total. The van der Waals surface area contributed by atoms with Crippen molar-refractivity contribution in [1.29, 1.82) is 0 Å². The van der Waals surface area contributed by atoms with Crippen molar-refractivity contribution in [3.05, 3.63) is 0 Å². The van der Waals surface area contributed by atoms with Gasteiger partial charge in [0.2, 0.25) is 11.8 Å². The maximum atomic E-state index is 12.2. The number of ether oxygens (including phenoxy) is 3. The van der Waals surface area contributed by atoms with E-state index in [9.17, 15) is 24.6 Å². The normalized spacial score (nSPS) is 24.6. The van der Waals surface area contributed by atoms with Gasteiger partial charge < -0.3 is 50.6 Å². The minimum atomic E-state index is -1.17. The number of aliphatic hydroxyl groups excluding tert-OH is 3. The molecule has 1 fully saturated rings. The molecule has 192 valence electrons. The van der Waals surface area contributed by atoms with Gasteiger partial charge in [0.1, 0.15) is 24.3 Å². The van der Waals surface area contributed by atoms with E-state index in [1.165, 1.54) is 18.8 Å². The molecule has 13 nitrogen and oxygen atoms in total. The van der Waals surface area contributed by atoms with Crippen molar-refractivity contribution in [3.63, 3.8) is 0 Å². The van der Waals surface area contributed by atoms with Gasteiger partial charge in [0.25, 0.3) is 0 Å². The molecule has 6 atom stereocenters. The van der Waals surface area contributed by atoms with Crippen LogP contribution in [0.3, 0.4) is 0 Å². The van der Waals surface area contributed by atoms with E-state index < -0.39 is 55.2 Å². The fourth-order valence-corrected chi connectivity index (χ4v) is 3.48. The molecule has 0 radical (unpaired) electrons. The van der Waals surface area contributed by atoms with E-state index in [1.807, 2.05) is 0 Å². The Bertz CT molecular complexity index is 614. The van der Waals surface area contributed by atoms with Gasteiger partial charge in [-0.1, -0.05) is 0 Å². The summed E-state index contributed by atoms with van der Waals surface area (Å²) in [6.45, 7) is -0.0848. The zero-order valence-electron chi connectivity index (χ0n) is 18.8. The maximum absolute atomic E-state index is 12.2. The van der Waals surface area contributed by atoms with Crippen LogP contribution in [-0.4, -0.2) is 127 Å². The summed E-state index contributed by atoms with van der Waals surface area (Å²) in [7, 11) is 1.53. The Kier molecular flexibility index (Phi) is 14.5. The number of amides is 2. The van der Waals surface area contributed by atoms with Crippen LogP contribution in [0.4, 0.5) is 0 Å². The number of hydrogen-bond acceptors (Lipinski definition) is 11. The van der Waals surface area contributed by atoms with Crippen molar-refractivity contribution in [2.75, 3.05) is 52.0 Å². The molecule has 1 aliphatic heterocycles. The highest BCUT2D eigenvalue weighted by Gasteiger charge is 2.36. The van der Waals surface area contributed by atoms with Crippen LogP contribution in [0.5, 0.6) is 0 Å². The lowest BCUT2D eigenvalue weighted by atomic mass is 10.0. The van der Waals surface area contributed by atoms with E-state index >= 15 is 0 Å². The minimum absolute atomic E-state index is 0.0187. The SMILES string of the molecule is CN[C@@H](CNC(=O)CCOCCOC1C[C@@H](O)C(O)C(CO)O1)C(=O)N[C@H](CSC)C(=O)O. The third kappa shape index (κ3) is 11.0. The van der Waals surface area contributed by atoms with Gasteiger partial charge in [0, 0.05) is 25.1 Å². The molecule has 0 bridgehead atoms. The number of aliphatic carboxylic acids is 1. The summed E-state index contributed by atoms with van der Waals surface area (Å²) < 4.78 is 16.0. The first-order valence-corrected chi connectivity index (χ1v) is 11.9. The summed E-state index contributed by atoms with van der Waals surface area (Å²) in [6.07, 6.45) is -2.11. The van der Waals surface area contributed by atoms with Crippen LogP contribution in [0.1, 0.15) is 12.8 Å².